The van der Waals surface area contributed by atoms with Gasteiger partial charge >= 0.3 is 8.80 Å². The van der Waals surface area contributed by atoms with E-state index in [1.54, 1.807) is 21.3 Å². The molecule has 5 nitrogen and oxygen atoms in total. The van der Waals surface area contributed by atoms with E-state index < -0.39 is 8.80 Å². The highest BCUT2D eigenvalue weighted by Crippen LogP contribution is 2.40. The Balaban J connectivity index is 1.63. The molecule has 5 aromatic rings. The Hall–Kier alpha value is -4.20. The van der Waals surface area contributed by atoms with Crippen LogP contribution >= 0.6 is 0 Å². The van der Waals surface area contributed by atoms with Gasteiger partial charge in [-0.15, -0.1) is 0 Å². The van der Waals surface area contributed by atoms with E-state index in [0.29, 0.717) is 0 Å². The number of hydrogen-bond acceptors (Lipinski definition) is 5. The molecule has 0 bridgehead atoms. The fourth-order valence-corrected chi connectivity index (χ4v) is 6.95. The lowest BCUT2D eigenvalue weighted by Crippen LogP contribution is -2.54. The van der Waals surface area contributed by atoms with Gasteiger partial charge in [0, 0.05) is 60.6 Å². The largest absolute Gasteiger partial charge is 0.536 e. The molecule has 5 aromatic carbocycles. The first-order valence-corrected chi connectivity index (χ1v) is 15.8. The van der Waals surface area contributed by atoms with Crippen LogP contribution in [-0.4, -0.2) is 30.1 Å². The van der Waals surface area contributed by atoms with Gasteiger partial charge in [0.05, 0.1) is 0 Å². The van der Waals surface area contributed by atoms with E-state index in [9.17, 15) is 0 Å². The van der Waals surface area contributed by atoms with Crippen molar-refractivity contribution >= 4 is 48.1 Å². The molecule has 0 saturated heterocycles. The predicted molar refractivity (Wildman–Crippen MR) is 176 cm³/mol. The van der Waals surface area contributed by atoms with Gasteiger partial charge in [0.1, 0.15) is 0 Å². The number of hydrogen-bond donors (Lipinski definition) is 0. The normalized spacial score (nSPS) is 11.4. The second kappa shape index (κ2) is 12.8. The number of aryl methyl sites for hydroxylation is 3. The highest BCUT2D eigenvalue weighted by Gasteiger charge is 2.40. The van der Waals surface area contributed by atoms with Gasteiger partial charge in [-0.2, -0.15) is 0 Å². The lowest BCUT2D eigenvalue weighted by atomic mass is 10.1. The van der Waals surface area contributed by atoms with E-state index in [4.69, 9.17) is 13.3 Å². The first kappa shape index (κ1) is 29.3. The number of rotatable bonds is 10. The maximum absolute atomic E-state index is 5.72. The molecule has 0 unspecified atom stereocenters. The Bertz CT molecular complexity index is 1540. The van der Waals surface area contributed by atoms with Crippen LogP contribution in [0.3, 0.4) is 0 Å². The molecule has 0 N–H and O–H groups in total. The van der Waals surface area contributed by atoms with Crippen molar-refractivity contribution in [3.63, 3.8) is 0 Å². The minimum Gasteiger partial charge on any atom is -0.373 e. The molecular formula is C36H38N2O3Si. The quantitative estimate of drug-likeness (QED) is 0.156. The summed E-state index contributed by atoms with van der Waals surface area (Å²) in [4.78, 5) is 4.57. The van der Waals surface area contributed by atoms with Gasteiger partial charge in [0.25, 0.3) is 0 Å². The average Bonchev–Trinajstić information content (AvgIpc) is 3.02. The molecule has 0 spiro atoms. The van der Waals surface area contributed by atoms with E-state index >= 15 is 0 Å². The lowest BCUT2D eigenvalue weighted by molar-refractivity contribution is 0.140. The van der Waals surface area contributed by atoms with Crippen LogP contribution in [0.15, 0.2) is 121 Å². The molecule has 0 radical (unpaired) electrons. The molecular weight excluding hydrogens is 536 g/mol. The molecule has 0 fully saturated rings. The zero-order valence-corrected chi connectivity index (χ0v) is 26.2. The van der Waals surface area contributed by atoms with E-state index in [-0.39, 0.29) is 0 Å². The average molecular weight is 575 g/mol. The summed E-state index contributed by atoms with van der Waals surface area (Å²) in [5.41, 5.74) is 10.1. The Morgan fingerprint density at radius 3 is 1.02 bits per heavy atom. The summed E-state index contributed by atoms with van der Waals surface area (Å²) < 4.78 is 17.2. The Morgan fingerprint density at radius 2 is 0.714 bits per heavy atom. The molecule has 5 rings (SSSR count). The molecule has 0 amide bonds. The van der Waals surface area contributed by atoms with Gasteiger partial charge in [-0.3, -0.25) is 0 Å². The van der Waals surface area contributed by atoms with Crippen LogP contribution < -0.4 is 15.0 Å². The van der Waals surface area contributed by atoms with Crippen LogP contribution in [0.2, 0.25) is 0 Å². The van der Waals surface area contributed by atoms with Gasteiger partial charge in [-0.05, 0) is 87.5 Å². The van der Waals surface area contributed by atoms with Crippen molar-refractivity contribution in [1.29, 1.82) is 0 Å². The second-order valence-electron chi connectivity index (χ2n) is 10.4. The summed E-state index contributed by atoms with van der Waals surface area (Å²) in [6.07, 6.45) is 0. The van der Waals surface area contributed by atoms with Crippen LogP contribution in [0.1, 0.15) is 16.7 Å². The summed E-state index contributed by atoms with van der Waals surface area (Å²) in [5, 5.41) is 0.904. The predicted octanol–water partition coefficient (Wildman–Crippen LogP) is 8.64. The molecule has 0 aliphatic rings. The standard InChI is InChI=1S/C36H38N2O3Si/c1-27-10-16-30(17-11-27)37(31-18-12-28(2)13-19-31)34-8-7-9-35(26-34)38(32-20-14-29(3)15-21-32)33-22-24-36(25-23-33)42(39-4,40-5)41-6/h7-26H,1-6H3. The van der Waals surface area contributed by atoms with Gasteiger partial charge < -0.3 is 23.1 Å². The van der Waals surface area contributed by atoms with Crippen LogP contribution in [0.5, 0.6) is 0 Å². The minimum atomic E-state index is -2.95. The van der Waals surface area contributed by atoms with Crippen molar-refractivity contribution in [1.82, 2.24) is 0 Å². The topological polar surface area (TPSA) is 34.2 Å². The highest BCUT2D eigenvalue weighted by atomic mass is 28.4. The van der Waals surface area contributed by atoms with Crippen LogP contribution in [0, 0.1) is 20.8 Å². The molecule has 0 aliphatic heterocycles. The maximum atomic E-state index is 5.72. The van der Waals surface area contributed by atoms with Crippen molar-refractivity contribution < 1.29 is 13.3 Å². The first-order valence-electron chi connectivity index (χ1n) is 14.0. The summed E-state index contributed by atoms with van der Waals surface area (Å²) in [5.74, 6) is 0. The molecule has 6 heteroatoms. The smallest absolute Gasteiger partial charge is 0.373 e. The minimum absolute atomic E-state index is 0.904. The first-order chi connectivity index (χ1) is 20.4. The monoisotopic (exact) mass is 574 g/mol. The zero-order valence-electron chi connectivity index (χ0n) is 25.2. The number of anilines is 6. The van der Waals surface area contributed by atoms with E-state index in [1.165, 1.54) is 16.7 Å². The molecule has 0 saturated carbocycles. The summed E-state index contributed by atoms with van der Waals surface area (Å²) in [6, 6.07) is 42.9. The molecule has 0 heterocycles. The third kappa shape index (κ3) is 6.03. The molecule has 214 valence electrons. The van der Waals surface area contributed by atoms with Crippen molar-refractivity contribution in [2.45, 2.75) is 20.8 Å². The number of benzene rings is 5. The molecule has 0 atom stereocenters. The summed E-state index contributed by atoms with van der Waals surface area (Å²) in [7, 11) is 1.94. The van der Waals surface area contributed by atoms with Crippen molar-refractivity contribution in [2.24, 2.45) is 0 Å². The lowest BCUT2D eigenvalue weighted by Gasteiger charge is -2.30. The van der Waals surface area contributed by atoms with E-state index in [1.807, 2.05) is 12.1 Å². The van der Waals surface area contributed by atoms with Gasteiger partial charge in [-0.1, -0.05) is 71.3 Å². The fraction of sp³-hybridized carbons (Fsp3) is 0.167. The maximum Gasteiger partial charge on any atom is 0.536 e. The highest BCUT2D eigenvalue weighted by molar-refractivity contribution is 6.75. The van der Waals surface area contributed by atoms with Gasteiger partial charge in [0.15, 0.2) is 0 Å². The van der Waals surface area contributed by atoms with Crippen LogP contribution in [0.4, 0.5) is 34.1 Å². The molecule has 42 heavy (non-hydrogen) atoms. The number of nitrogens with zero attached hydrogens (tertiary/aromatic N) is 2. The zero-order chi connectivity index (χ0) is 29.7. The Labute approximate surface area is 250 Å². The van der Waals surface area contributed by atoms with Crippen molar-refractivity contribution in [3.8, 4) is 0 Å². The fourth-order valence-electron chi connectivity index (χ4n) is 5.17. The summed E-state index contributed by atoms with van der Waals surface area (Å²) in [6.45, 7) is 6.34. The van der Waals surface area contributed by atoms with E-state index in [2.05, 4.69) is 140 Å². The SMILES string of the molecule is CO[Si](OC)(OC)c1ccc(N(c2ccc(C)cc2)c2cccc(N(c3ccc(C)cc3)c3ccc(C)cc3)c2)cc1. The van der Waals surface area contributed by atoms with Crippen molar-refractivity contribution in [2.75, 3.05) is 31.1 Å². The second-order valence-corrected chi connectivity index (χ2v) is 13.3. The van der Waals surface area contributed by atoms with Gasteiger partial charge in [-0.25, -0.2) is 0 Å². The van der Waals surface area contributed by atoms with E-state index in [0.717, 1.165) is 39.3 Å². The Morgan fingerprint density at radius 1 is 0.405 bits per heavy atom. The van der Waals surface area contributed by atoms with Gasteiger partial charge in [0.2, 0.25) is 0 Å². The van der Waals surface area contributed by atoms with Crippen LogP contribution in [-0.2, 0) is 13.3 Å². The molecule has 0 aliphatic carbocycles. The third-order valence-electron chi connectivity index (χ3n) is 7.51. The molecule has 0 aromatic heterocycles. The van der Waals surface area contributed by atoms with Crippen molar-refractivity contribution in [3.05, 3.63) is 138 Å². The van der Waals surface area contributed by atoms with Crippen LogP contribution in [0.25, 0.3) is 0 Å². The third-order valence-corrected chi connectivity index (χ3v) is 10.2. The Kier molecular flexibility index (Phi) is 8.90. The summed E-state index contributed by atoms with van der Waals surface area (Å²) >= 11 is 0.